The van der Waals surface area contributed by atoms with E-state index < -0.39 is 15.3 Å². The Hall–Kier alpha value is -1.47. The summed E-state index contributed by atoms with van der Waals surface area (Å²) in [4.78, 5) is 11.1. The van der Waals surface area contributed by atoms with Gasteiger partial charge in [-0.15, -0.1) is 0 Å². The van der Waals surface area contributed by atoms with E-state index in [0.29, 0.717) is 12.4 Å². The van der Waals surface area contributed by atoms with Crippen LogP contribution in [0.3, 0.4) is 0 Å². The van der Waals surface area contributed by atoms with Crippen molar-refractivity contribution in [3.63, 3.8) is 0 Å². The minimum absolute atomic E-state index is 0.177. The summed E-state index contributed by atoms with van der Waals surface area (Å²) in [6, 6.07) is 6.16. The second-order valence-corrected chi connectivity index (χ2v) is 5.55. The number of rotatable bonds is 5. The quantitative estimate of drug-likeness (QED) is 0.840. The lowest BCUT2D eigenvalue weighted by Crippen LogP contribution is -2.29. The Bertz CT molecular complexity index is 500. The first-order valence-corrected chi connectivity index (χ1v) is 7.38. The molecular weight excluding hydrogens is 282 g/mol. The van der Waals surface area contributed by atoms with E-state index in [1.165, 1.54) is 16.9 Å². The Morgan fingerprint density at radius 3 is 2.33 bits per heavy atom. The fourth-order valence-electron chi connectivity index (χ4n) is 1.05. The highest BCUT2D eigenvalue weighted by Crippen LogP contribution is 2.17. The van der Waals surface area contributed by atoms with Gasteiger partial charge in [-0.3, -0.25) is 0 Å². The number of nitrogens with one attached hydrogen (secondary N) is 1. The summed E-state index contributed by atoms with van der Waals surface area (Å²) in [5.74, 6) is 0.811. The van der Waals surface area contributed by atoms with Gasteiger partial charge in [-0.05, 0) is 30.7 Å². The molecule has 8 heteroatoms. The van der Waals surface area contributed by atoms with Crippen LogP contribution in [0.15, 0.2) is 24.3 Å². The molecule has 1 N–H and O–H groups in total. The summed E-state index contributed by atoms with van der Waals surface area (Å²) < 4.78 is 32.5. The molecule has 0 heterocycles. The van der Waals surface area contributed by atoms with Gasteiger partial charge >= 0.3 is 15.3 Å². The number of halogens is 1. The summed E-state index contributed by atoms with van der Waals surface area (Å²) >= 11 is 0. The molecule has 0 aliphatic heterocycles. The van der Waals surface area contributed by atoms with Crippen molar-refractivity contribution in [1.29, 1.82) is 0 Å². The van der Waals surface area contributed by atoms with Crippen LogP contribution in [0.1, 0.15) is 13.3 Å². The van der Waals surface area contributed by atoms with E-state index in [9.17, 15) is 13.2 Å². The fraction of sp³-hybridized carbons (Fsp3) is 0.300. The molecule has 18 heavy (non-hydrogen) atoms. The van der Waals surface area contributed by atoms with Crippen molar-refractivity contribution >= 4 is 26.0 Å². The van der Waals surface area contributed by atoms with Gasteiger partial charge in [0.2, 0.25) is 0 Å². The monoisotopic (exact) mass is 293 g/mol. The summed E-state index contributed by atoms with van der Waals surface area (Å²) in [6.07, 6.45) is -0.291. The molecule has 1 amide bonds. The van der Waals surface area contributed by atoms with Crippen LogP contribution in [0.4, 0.5) is 4.79 Å². The zero-order valence-corrected chi connectivity index (χ0v) is 11.1. The highest BCUT2D eigenvalue weighted by atomic mass is 35.7. The number of benzene rings is 1. The number of amides is 1. The first-order chi connectivity index (χ1) is 8.40. The molecule has 0 radical (unpaired) electrons. The molecular formula is C10H12ClNO5S. The van der Waals surface area contributed by atoms with E-state index in [2.05, 4.69) is 4.74 Å². The Morgan fingerprint density at radius 2 is 1.83 bits per heavy atom. The molecule has 0 bridgehead atoms. The molecule has 1 rings (SSSR count). The third kappa shape index (κ3) is 5.74. The van der Waals surface area contributed by atoms with Crippen LogP contribution in [0, 0.1) is 0 Å². The average molecular weight is 294 g/mol. The predicted octanol–water partition coefficient (Wildman–Crippen LogP) is 2.05. The smallest absolute Gasteiger partial charge is 0.427 e. The maximum absolute atomic E-state index is 11.1. The van der Waals surface area contributed by atoms with E-state index in [4.69, 9.17) is 15.4 Å². The van der Waals surface area contributed by atoms with Gasteiger partial charge in [0, 0.05) is 10.7 Å². The molecule has 0 atom stereocenters. The van der Waals surface area contributed by atoms with E-state index in [1.807, 2.05) is 6.92 Å². The van der Waals surface area contributed by atoms with Gasteiger partial charge < -0.3 is 9.47 Å². The van der Waals surface area contributed by atoms with Crippen molar-refractivity contribution in [3.05, 3.63) is 24.3 Å². The van der Waals surface area contributed by atoms with Crippen molar-refractivity contribution < 1.29 is 22.7 Å². The molecule has 0 saturated carbocycles. The maximum Gasteiger partial charge on any atom is 0.427 e. The topological polar surface area (TPSA) is 81.7 Å². The van der Waals surface area contributed by atoms with Crippen LogP contribution in [-0.2, 0) is 9.24 Å². The second kappa shape index (κ2) is 6.46. The van der Waals surface area contributed by atoms with Gasteiger partial charge in [0.05, 0.1) is 6.61 Å². The van der Waals surface area contributed by atoms with Gasteiger partial charge in [-0.2, -0.15) is 8.42 Å². The van der Waals surface area contributed by atoms with Crippen molar-refractivity contribution in [3.8, 4) is 11.5 Å². The minimum Gasteiger partial charge on any atom is -0.494 e. The number of ether oxygens (including phenoxy) is 2. The summed E-state index contributed by atoms with van der Waals surface area (Å²) in [7, 11) is 0.676. The van der Waals surface area contributed by atoms with Gasteiger partial charge in [0.15, 0.2) is 0 Å². The summed E-state index contributed by atoms with van der Waals surface area (Å²) in [6.45, 7) is 2.57. The highest BCUT2D eigenvalue weighted by molar-refractivity contribution is 8.12. The van der Waals surface area contributed by atoms with Gasteiger partial charge in [0.1, 0.15) is 11.5 Å². The molecule has 0 spiro atoms. The number of hydrogen-bond donors (Lipinski definition) is 1. The standard InChI is InChI=1S/C10H12ClNO5S/c1-2-7-16-8-3-5-9(6-4-8)17-10(13)12-18(11,14)15/h3-6H,2,7H2,1H3,(H,12,13). The lowest BCUT2D eigenvalue weighted by molar-refractivity contribution is 0.207. The first-order valence-electron chi connectivity index (χ1n) is 5.08. The maximum atomic E-state index is 11.1. The third-order valence-corrected chi connectivity index (χ3v) is 2.35. The van der Waals surface area contributed by atoms with Gasteiger partial charge in [-0.25, -0.2) is 9.52 Å². The second-order valence-electron chi connectivity index (χ2n) is 3.25. The third-order valence-electron chi connectivity index (χ3n) is 1.71. The highest BCUT2D eigenvalue weighted by Gasteiger charge is 2.12. The largest absolute Gasteiger partial charge is 0.494 e. The normalized spacial score (nSPS) is 10.8. The van der Waals surface area contributed by atoms with Crippen LogP contribution in [0.5, 0.6) is 11.5 Å². The van der Waals surface area contributed by atoms with Crippen molar-refractivity contribution in [2.24, 2.45) is 0 Å². The van der Waals surface area contributed by atoms with Crippen LogP contribution in [0.25, 0.3) is 0 Å². The summed E-state index contributed by atoms with van der Waals surface area (Å²) in [5.41, 5.74) is 0. The first kappa shape index (κ1) is 14.6. The fourth-order valence-corrected chi connectivity index (χ4v) is 1.48. The van der Waals surface area contributed by atoms with Gasteiger partial charge in [-0.1, -0.05) is 6.92 Å². The van der Waals surface area contributed by atoms with E-state index >= 15 is 0 Å². The van der Waals surface area contributed by atoms with Crippen LogP contribution >= 0.6 is 10.7 Å². The van der Waals surface area contributed by atoms with Crippen LogP contribution < -0.4 is 14.2 Å². The number of carbonyl (C=O) groups excluding carboxylic acids is 1. The Balaban J connectivity index is 2.55. The van der Waals surface area contributed by atoms with Crippen molar-refractivity contribution in [2.45, 2.75) is 13.3 Å². The molecule has 0 aliphatic rings. The zero-order valence-electron chi connectivity index (χ0n) is 9.55. The molecule has 0 unspecified atom stereocenters. The molecule has 100 valence electrons. The Labute approximate surface area is 109 Å². The Morgan fingerprint density at radius 1 is 1.28 bits per heavy atom. The molecule has 6 nitrogen and oxygen atoms in total. The van der Waals surface area contributed by atoms with Crippen molar-refractivity contribution in [2.75, 3.05) is 6.61 Å². The lowest BCUT2D eigenvalue weighted by Gasteiger charge is -2.06. The molecule has 1 aromatic carbocycles. The van der Waals surface area contributed by atoms with Crippen molar-refractivity contribution in [1.82, 2.24) is 4.72 Å². The Kier molecular flexibility index (Phi) is 5.24. The molecule has 0 aliphatic carbocycles. The zero-order chi connectivity index (χ0) is 13.6. The van der Waals surface area contributed by atoms with Crippen LogP contribution in [0.2, 0.25) is 0 Å². The molecule has 1 aromatic rings. The number of carbonyl (C=O) groups is 1. The minimum atomic E-state index is -4.14. The van der Waals surface area contributed by atoms with E-state index in [-0.39, 0.29) is 5.75 Å². The molecule has 0 fully saturated rings. The predicted molar refractivity (Wildman–Crippen MR) is 66.2 cm³/mol. The van der Waals surface area contributed by atoms with E-state index in [1.54, 1.807) is 12.1 Å². The molecule has 0 aromatic heterocycles. The SMILES string of the molecule is CCCOc1ccc(OC(=O)NS(=O)(=O)Cl)cc1. The average Bonchev–Trinajstić information content (AvgIpc) is 2.25. The summed E-state index contributed by atoms with van der Waals surface area (Å²) in [5, 5.41) is 0. The number of hydrogen-bond acceptors (Lipinski definition) is 5. The van der Waals surface area contributed by atoms with E-state index in [0.717, 1.165) is 6.42 Å². The lowest BCUT2D eigenvalue weighted by atomic mass is 10.3. The van der Waals surface area contributed by atoms with Crippen LogP contribution in [-0.4, -0.2) is 21.1 Å². The molecule has 0 saturated heterocycles. The van der Waals surface area contributed by atoms with Gasteiger partial charge in [0.25, 0.3) is 0 Å².